The molecule has 0 saturated carbocycles. The van der Waals surface area contributed by atoms with Crippen LogP contribution < -0.4 is 0 Å². The molecule has 0 aliphatic heterocycles. The third-order valence-corrected chi connectivity index (χ3v) is 6.80. The number of benzene rings is 3. The van der Waals surface area contributed by atoms with Gasteiger partial charge in [-0.25, -0.2) is 4.98 Å². The van der Waals surface area contributed by atoms with Crippen LogP contribution in [0.4, 0.5) is 0 Å². The maximum absolute atomic E-state index is 10.0. The molecule has 5 nitrogen and oxygen atoms in total. The van der Waals surface area contributed by atoms with Crippen LogP contribution in [-0.2, 0) is 24.9 Å². The van der Waals surface area contributed by atoms with E-state index in [1.807, 2.05) is 17.5 Å². The minimum atomic E-state index is -0.125. The molecule has 3 aromatic carbocycles. The van der Waals surface area contributed by atoms with Gasteiger partial charge in [-0.1, -0.05) is 59.7 Å². The summed E-state index contributed by atoms with van der Waals surface area (Å²) in [6.45, 7) is 7.03. The zero-order chi connectivity index (χ0) is 24.7. The molecule has 6 rings (SSSR count). The first-order chi connectivity index (χ1) is 16.8. The quantitative estimate of drug-likeness (QED) is 0.0905. The van der Waals surface area contributed by atoms with Crippen molar-refractivity contribution in [3.05, 3.63) is 89.8 Å². The molecule has 6 aromatic rings. The van der Waals surface area contributed by atoms with Crippen molar-refractivity contribution in [2.24, 2.45) is 0 Å². The smallest absolute Gasteiger partial charge is 0.155 e. The third kappa shape index (κ3) is 4.70. The standard InChI is InChI=1S/C24H16N3S.C5H8O2.Ir/c1-14-11-12-19-23(22(14)24-25-18-9-5-6-10-21(18)28-24)17-8-4-3-7-16(17)20-13-15(2)26-27(19)20;1-4(6)3-5(2)7;/h3-11,13H,1-2H3;3,6H,1-2H3;/q-1;;/b;4-3-;. The van der Waals surface area contributed by atoms with Crippen LogP contribution in [0.15, 0.2) is 72.5 Å². The van der Waals surface area contributed by atoms with E-state index >= 15 is 0 Å². The predicted molar refractivity (Wildman–Crippen MR) is 144 cm³/mol. The average molecular weight is 671 g/mol. The van der Waals surface area contributed by atoms with Gasteiger partial charge in [-0.3, -0.25) is 9.31 Å². The van der Waals surface area contributed by atoms with E-state index < -0.39 is 0 Å². The predicted octanol–water partition coefficient (Wildman–Crippen LogP) is 7.37. The van der Waals surface area contributed by atoms with E-state index in [2.05, 4.69) is 67.6 Å². The fourth-order valence-electron chi connectivity index (χ4n) is 4.40. The van der Waals surface area contributed by atoms with Gasteiger partial charge in [0.25, 0.3) is 0 Å². The summed E-state index contributed by atoms with van der Waals surface area (Å²) >= 11 is 1.74. The number of pyridine rings is 1. The van der Waals surface area contributed by atoms with Gasteiger partial charge in [-0.15, -0.1) is 16.9 Å². The summed E-state index contributed by atoms with van der Waals surface area (Å²) in [7, 11) is 0. The Morgan fingerprint density at radius 3 is 2.42 bits per heavy atom. The maximum Gasteiger partial charge on any atom is 0.155 e. The summed E-state index contributed by atoms with van der Waals surface area (Å²) in [5.41, 5.74) is 6.54. The molecule has 0 amide bonds. The molecule has 0 spiro atoms. The Morgan fingerprint density at radius 2 is 1.75 bits per heavy atom. The minimum absolute atomic E-state index is 0. The van der Waals surface area contributed by atoms with Crippen LogP contribution in [-0.4, -0.2) is 25.5 Å². The van der Waals surface area contributed by atoms with Gasteiger partial charge in [0, 0.05) is 26.2 Å². The number of carbonyl (C=O) groups is 1. The number of allylic oxidation sites excluding steroid dienone is 2. The molecule has 7 heteroatoms. The van der Waals surface area contributed by atoms with Gasteiger partial charge in [-0.05, 0) is 49.9 Å². The van der Waals surface area contributed by atoms with Crippen molar-refractivity contribution in [1.29, 1.82) is 0 Å². The minimum Gasteiger partial charge on any atom is -0.512 e. The van der Waals surface area contributed by atoms with Crippen LogP contribution >= 0.6 is 11.3 Å². The van der Waals surface area contributed by atoms with Crippen molar-refractivity contribution in [1.82, 2.24) is 14.6 Å². The molecule has 0 fully saturated rings. The number of aliphatic hydroxyl groups excluding tert-OH is 1. The zero-order valence-electron chi connectivity index (χ0n) is 20.3. The first-order valence-electron chi connectivity index (χ1n) is 11.3. The number of carbonyl (C=O) groups excluding carboxylic acids is 1. The fourth-order valence-corrected chi connectivity index (χ4v) is 5.48. The number of ketones is 1. The number of hydrogen-bond acceptors (Lipinski definition) is 5. The number of hydrogen-bond donors (Lipinski definition) is 1. The summed E-state index contributed by atoms with van der Waals surface area (Å²) in [4.78, 5) is 15.0. The van der Waals surface area contributed by atoms with Crippen molar-refractivity contribution in [3.8, 4) is 10.6 Å². The topological polar surface area (TPSA) is 67.5 Å². The molecule has 0 saturated heterocycles. The summed E-state index contributed by atoms with van der Waals surface area (Å²) < 4.78 is 3.24. The number of fused-ring (bicyclic) bond motifs is 7. The summed E-state index contributed by atoms with van der Waals surface area (Å²) in [6, 6.07) is 24.6. The van der Waals surface area contributed by atoms with Crippen LogP contribution in [0.1, 0.15) is 25.1 Å². The van der Waals surface area contributed by atoms with E-state index in [0.29, 0.717) is 0 Å². The van der Waals surface area contributed by atoms with Crippen LogP contribution in [0.3, 0.4) is 0 Å². The molecule has 0 unspecified atom stereocenters. The third-order valence-electron chi connectivity index (χ3n) is 5.74. The van der Waals surface area contributed by atoms with Gasteiger partial charge in [0.1, 0.15) is 5.01 Å². The Bertz CT molecular complexity index is 1750. The van der Waals surface area contributed by atoms with E-state index in [0.717, 1.165) is 27.3 Å². The number of para-hydroxylation sites is 1. The molecule has 0 atom stereocenters. The molecule has 183 valence electrons. The van der Waals surface area contributed by atoms with Crippen LogP contribution in [0.25, 0.3) is 48.0 Å². The molecule has 1 radical (unpaired) electrons. The SMILES string of the molecule is CC(=O)/C=C(/C)O.Cc1cc2c3ccccc3c3c(-c4nc5ccccc5s4)c(C)c[c-]c3n2n1.[Ir]. The molecule has 36 heavy (non-hydrogen) atoms. The van der Waals surface area contributed by atoms with Gasteiger partial charge >= 0.3 is 0 Å². The van der Waals surface area contributed by atoms with Crippen molar-refractivity contribution in [3.63, 3.8) is 0 Å². The number of aliphatic hydroxyl groups is 1. The van der Waals surface area contributed by atoms with Crippen LogP contribution in [0, 0.1) is 19.9 Å². The molecule has 0 aliphatic carbocycles. The summed E-state index contributed by atoms with van der Waals surface area (Å²) in [5, 5.41) is 17.8. The van der Waals surface area contributed by atoms with Crippen molar-refractivity contribution in [2.45, 2.75) is 27.7 Å². The van der Waals surface area contributed by atoms with Crippen molar-refractivity contribution in [2.75, 3.05) is 0 Å². The Labute approximate surface area is 226 Å². The number of thiazole rings is 1. The van der Waals surface area contributed by atoms with Gasteiger partial charge in [0.15, 0.2) is 5.78 Å². The van der Waals surface area contributed by atoms with E-state index in [-0.39, 0.29) is 31.6 Å². The second kappa shape index (κ2) is 10.3. The van der Waals surface area contributed by atoms with Crippen molar-refractivity contribution >= 4 is 54.5 Å². The fraction of sp³-hybridized carbons (Fsp3) is 0.138. The Balaban J connectivity index is 0.000000338. The second-order valence-electron chi connectivity index (χ2n) is 8.58. The Morgan fingerprint density at radius 1 is 1.06 bits per heavy atom. The van der Waals surface area contributed by atoms with Gasteiger partial charge in [0.05, 0.1) is 27.2 Å². The molecule has 1 N–H and O–H groups in total. The summed E-state index contributed by atoms with van der Waals surface area (Å²) in [6.07, 6.45) is 1.17. The number of rotatable bonds is 2. The van der Waals surface area contributed by atoms with E-state index in [9.17, 15) is 4.79 Å². The van der Waals surface area contributed by atoms with Gasteiger partial charge < -0.3 is 5.11 Å². The molecule has 0 bridgehead atoms. The number of nitrogens with zero attached hydrogens (tertiary/aromatic N) is 3. The molecule has 0 aliphatic rings. The van der Waals surface area contributed by atoms with Gasteiger partial charge in [0.2, 0.25) is 0 Å². The zero-order valence-corrected chi connectivity index (χ0v) is 23.5. The van der Waals surface area contributed by atoms with Crippen LogP contribution in [0.5, 0.6) is 0 Å². The van der Waals surface area contributed by atoms with Crippen LogP contribution in [0.2, 0.25) is 0 Å². The normalized spacial score (nSPS) is 11.5. The van der Waals surface area contributed by atoms with E-state index in [1.165, 1.54) is 51.9 Å². The summed E-state index contributed by atoms with van der Waals surface area (Å²) in [5.74, 6) is -0.0625. The number of aryl methyl sites for hydroxylation is 2. The number of aromatic nitrogens is 3. The van der Waals surface area contributed by atoms with E-state index in [1.54, 1.807) is 11.3 Å². The second-order valence-corrected chi connectivity index (χ2v) is 9.61. The Kier molecular flexibility index (Phi) is 7.36. The average Bonchev–Trinajstić information content (AvgIpc) is 3.42. The molecule has 3 aromatic heterocycles. The van der Waals surface area contributed by atoms with Crippen molar-refractivity contribution < 1.29 is 30.0 Å². The monoisotopic (exact) mass is 671 g/mol. The first kappa shape index (κ1) is 25.7. The molecule has 3 heterocycles. The maximum atomic E-state index is 10.0. The van der Waals surface area contributed by atoms with Gasteiger partial charge in [-0.2, -0.15) is 17.2 Å². The Hall–Kier alpha value is -3.38. The molecular formula is C29H24IrN3O2S-. The molecular weight excluding hydrogens is 647 g/mol. The largest absolute Gasteiger partial charge is 0.512 e. The van der Waals surface area contributed by atoms with E-state index in [4.69, 9.17) is 15.2 Å². The first-order valence-corrected chi connectivity index (χ1v) is 12.1.